The summed E-state index contributed by atoms with van der Waals surface area (Å²) in [4.78, 5) is 3.33. The molecule has 0 amide bonds. The van der Waals surface area contributed by atoms with E-state index < -0.39 is 0 Å². The molecule has 1 aromatic carbocycles. The minimum atomic E-state index is -0.352. The summed E-state index contributed by atoms with van der Waals surface area (Å²) >= 11 is 1.73. The predicted molar refractivity (Wildman–Crippen MR) is 78.2 cm³/mol. The van der Waals surface area contributed by atoms with Crippen LogP contribution < -0.4 is 4.90 Å². The first-order chi connectivity index (χ1) is 9.13. The van der Waals surface area contributed by atoms with Crippen molar-refractivity contribution in [3.63, 3.8) is 0 Å². The van der Waals surface area contributed by atoms with Crippen LogP contribution in [-0.2, 0) is 13.0 Å². The van der Waals surface area contributed by atoms with Gasteiger partial charge in [0.05, 0.1) is 6.61 Å². The van der Waals surface area contributed by atoms with Gasteiger partial charge in [-0.1, -0.05) is 12.1 Å². The Kier molecular flexibility index (Phi) is 4.56. The number of hydrogen-bond acceptors (Lipinski definition) is 3. The van der Waals surface area contributed by atoms with Crippen molar-refractivity contribution in [1.29, 1.82) is 0 Å². The highest BCUT2D eigenvalue weighted by Gasteiger charge is 2.16. The summed E-state index contributed by atoms with van der Waals surface area (Å²) in [6.45, 7) is 1.82. The SMILES string of the molecule is CC(Cc1cccs1)N(C)c1cccc(F)c1CO. The molecule has 4 heteroatoms. The Bertz CT molecular complexity index is 527. The molecule has 1 N–H and O–H groups in total. The fourth-order valence-corrected chi connectivity index (χ4v) is 2.95. The molecule has 1 unspecified atom stereocenters. The van der Waals surface area contributed by atoms with Crippen LogP contribution >= 0.6 is 11.3 Å². The van der Waals surface area contributed by atoms with E-state index in [1.165, 1.54) is 10.9 Å². The molecule has 0 saturated carbocycles. The maximum Gasteiger partial charge on any atom is 0.130 e. The van der Waals surface area contributed by atoms with Gasteiger partial charge < -0.3 is 10.0 Å². The molecule has 2 aromatic rings. The van der Waals surface area contributed by atoms with Crippen LogP contribution in [0, 0.1) is 5.82 Å². The molecule has 0 aliphatic rings. The second-order valence-electron chi connectivity index (χ2n) is 4.64. The summed E-state index contributed by atoms with van der Waals surface area (Å²) in [6, 6.07) is 9.29. The lowest BCUT2D eigenvalue weighted by atomic mass is 10.1. The summed E-state index contributed by atoms with van der Waals surface area (Å²) in [5.41, 5.74) is 1.12. The van der Waals surface area contributed by atoms with E-state index in [-0.39, 0.29) is 18.5 Å². The van der Waals surface area contributed by atoms with Gasteiger partial charge in [-0.15, -0.1) is 11.3 Å². The van der Waals surface area contributed by atoms with Crippen LogP contribution in [0.15, 0.2) is 35.7 Å². The van der Waals surface area contributed by atoms with Crippen LogP contribution in [0.3, 0.4) is 0 Å². The predicted octanol–water partition coefficient (Wildman–Crippen LogP) is 3.45. The largest absolute Gasteiger partial charge is 0.391 e. The second kappa shape index (κ2) is 6.17. The molecule has 0 spiro atoms. The van der Waals surface area contributed by atoms with E-state index >= 15 is 0 Å². The molecular formula is C15H18FNOS. The van der Waals surface area contributed by atoms with E-state index in [1.807, 2.05) is 24.1 Å². The lowest BCUT2D eigenvalue weighted by molar-refractivity contribution is 0.276. The number of thiophene rings is 1. The maximum atomic E-state index is 13.7. The lowest BCUT2D eigenvalue weighted by Gasteiger charge is -2.28. The fraction of sp³-hybridized carbons (Fsp3) is 0.333. The van der Waals surface area contributed by atoms with Crippen LogP contribution in [0.1, 0.15) is 17.4 Å². The quantitative estimate of drug-likeness (QED) is 0.906. The standard InChI is InChI=1S/C15H18FNOS/c1-11(9-12-5-4-8-19-12)17(2)15-7-3-6-14(16)13(15)10-18/h3-8,11,18H,9-10H2,1-2H3. The number of likely N-dealkylation sites (N-methyl/N-ethyl adjacent to an activating group) is 1. The van der Waals surface area contributed by atoms with E-state index in [2.05, 4.69) is 18.4 Å². The van der Waals surface area contributed by atoms with Crippen molar-refractivity contribution in [1.82, 2.24) is 0 Å². The van der Waals surface area contributed by atoms with Crippen molar-refractivity contribution in [2.24, 2.45) is 0 Å². The third-order valence-electron chi connectivity index (χ3n) is 3.37. The Morgan fingerprint density at radius 1 is 1.32 bits per heavy atom. The molecule has 0 radical (unpaired) electrons. The van der Waals surface area contributed by atoms with Crippen LogP contribution in [0.25, 0.3) is 0 Å². The van der Waals surface area contributed by atoms with Gasteiger partial charge >= 0.3 is 0 Å². The van der Waals surface area contributed by atoms with Gasteiger partial charge in [-0.25, -0.2) is 4.39 Å². The van der Waals surface area contributed by atoms with Gasteiger partial charge in [0.2, 0.25) is 0 Å². The zero-order valence-corrected chi connectivity index (χ0v) is 12.0. The summed E-state index contributed by atoms with van der Waals surface area (Å²) in [6.07, 6.45) is 0.912. The van der Waals surface area contributed by atoms with Crippen molar-refractivity contribution >= 4 is 17.0 Å². The third kappa shape index (κ3) is 3.14. The molecule has 0 fully saturated rings. The van der Waals surface area contributed by atoms with Gasteiger partial charge in [-0.3, -0.25) is 0 Å². The highest BCUT2D eigenvalue weighted by atomic mass is 32.1. The molecule has 19 heavy (non-hydrogen) atoms. The summed E-state index contributed by atoms with van der Waals surface area (Å²) in [5, 5.41) is 11.4. The van der Waals surface area contributed by atoms with Gasteiger partial charge in [0.15, 0.2) is 0 Å². The van der Waals surface area contributed by atoms with Crippen LogP contribution in [-0.4, -0.2) is 18.2 Å². The molecule has 0 aliphatic heterocycles. The number of aliphatic hydroxyl groups excluding tert-OH is 1. The van der Waals surface area contributed by atoms with Gasteiger partial charge in [-0.2, -0.15) is 0 Å². The van der Waals surface area contributed by atoms with Crippen LogP contribution in [0.2, 0.25) is 0 Å². The lowest BCUT2D eigenvalue weighted by Crippen LogP contribution is -2.31. The van der Waals surface area contributed by atoms with E-state index in [4.69, 9.17) is 0 Å². The molecule has 0 saturated heterocycles. The first-order valence-corrected chi connectivity index (χ1v) is 7.15. The second-order valence-corrected chi connectivity index (χ2v) is 5.67. The van der Waals surface area contributed by atoms with Gasteiger partial charge in [0, 0.05) is 35.6 Å². The van der Waals surface area contributed by atoms with Gasteiger partial charge in [0.1, 0.15) is 5.82 Å². The summed E-state index contributed by atoms with van der Waals surface area (Å²) in [5.74, 6) is -0.352. The number of hydrogen-bond donors (Lipinski definition) is 1. The van der Waals surface area contributed by atoms with Gasteiger partial charge in [-0.05, 0) is 30.5 Å². The fourth-order valence-electron chi connectivity index (χ4n) is 2.13. The minimum Gasteiger partial charge on any atom is -0.391 e. The number of halogens is 1. The number of anilines is 1. The minimum absolute atomic E-state index is 0.241. The normalized spacial score (nSPS) is 12.4. The number of benzene rings is 1. The topological polar surface area (TPSA) is 23.5 Å². The smallest absolute Gasteiger partial charge is 0.130 e. The monoisotopic (exact) mass is 279 g/mol. The molecule has 0 aliphatic carbocycles. The molecule has 102 valence electrons. The maximum absolute atomic E-state index is 13.7. The molecule has 1 atom stereocenters. The Hall–Kier alpha value is -1.39. The van der Waals surface area contributed by atoms with Crippen molar-refractivity contribution in [3.8, 4) is 0 Å². The van der Waals surface area contributed by atoms with Crippen LogP contribution in [0.4, 0.5) is 10.1 Å². The summed E-state index contributed by atoms with van der Waals surface area (Å²) in [7, 11) is 1.94. The zero-order valence-electron chi connectivity index (χ0n) is 11.1. The highest BCUT2D eigenvalue weighted by Crippen LogP contribution is 2.25. The first kappa shape index (κ1) is 14.0. The molecule has 1 aromatic heterocycles. The molecule has 2 nitrogen and oxygen atoms in total. The van der Waals surface area contributed by atoms with Crippen molar-refractivity contribution in [2.45, 2.75) is 26.0 Å². The molecule has 1 heterocycles. The van der Waals surface area contributed by atoms with Crippen LogP contribution in [0.5, 0.6) is 0 Å². The van der Waals surface area contributed by atoms with E-state index in [9.17, 15) is 9.50 Å². The summed E-state index contributed by atoms with van der Waals surface area (Å²) < 4.78 is 13.7. The van der Waals surface area contributed by atoms with Crippen molar-refractivity contribution < 1.29 is 9.50 Å². The van der Waals surface area contributed by atoms with E-state index in [0.717, 1.165) is 12.1 Å². The number of nitrogens with zero attached hydrogens (tertiary/aromatic N) is 1. The van der Waals surface area contributed by atoms with Crippen molar-refractivity contribution in [2.75, 3.05) is 11.9 Å². The average Bonchev–Trinajstić information content (AvgIpc) is 2.90. The van der Waals surface area contributed by atoms with Crippen molar-refractivity contribution in [3.05, 3.63) is 52.0 Å². The highest BCUT2D eigenvalue weighted by molar-refractivity contribution is 7.09. The van der Waals surface area contributed by atoms with E-state index in [0.29, 0.717) is 5.56 Å². The van der Waals surface area contributed by atoms with E-state index in [1.54, 1.807) is 17.4 Å². The first-order valence-electron chi connectivity index (χ1n) is 6.27. The zero-order chi connectivity index (χ0) is 13.8. The van der Waals surface area contributed by atoms with Gasteiger partial charge in [0.25, 0.3) is 0 Å². The Labute approximate surface area is 117 Å². The number of rotatable bonds is 5. The number of aliphatic hydroxyl groups is 1. The molecule has 0 bridgehead atoms. The average molecular weight is 279 g/mol. The Morgan fingerprint density at radius 3 is 2.74 bits per heavy atom. The third-order valence-corrected chi connectivity index (χ3v) is 4.27. The molecular weight excluding hydrogens is 261 g/mol. The Balaban J connectivity index is 2.19. The molecule has 2 rings (SSSR count). The Morgan fingerprint density at radius 2 is 2.11 bits per heavy atom.